The third kappa shape index (κ3) is 6.74. The number of aliphatic hydroxyl groups excluding tert-OH is 1. The van der Waals surface area contributed by atoms with E-state index in [9.17, 15) is 5.11 Å². The fourth-order valence-electron chi connectivity index (χ4n) is 1.44. The Morgan fingerprint density at radius 3 is 2.35 bits per heavy atom. The molecule has 0 saturated heterocycles. The van der Waals surface area contributed by atoms with Crippen LogP contribution in [0, 0.1) is 11.8 Å². The maximum Gasteiger partial charge on any atom is 0.193 e. The predicted octanol–water partition coefficient (Wildman–Crippen LogP) is 4.51. The molecule has 0 unspecified atom stereocenters. The van der Waals surface area contributed by atoms with Crippen LogP contribution >= 0.6 is 0 Å². The van der Waals surface area contributed by atoms with Crippen LogP contribution in [0.15, 0.2) is 12.2 Å². The van der Waals surface area contributed by atoms with Gasteiger partial charge in [0.25, 0.3) is 0 Å². The Balaban J connectivity index is 4.84. The first kappa shape index (κ1) is 19.4. The van der Waals surface area contributed by atoms with Gasteiger partial charge in [-0.2, -0.15) is 0 Å². The minimum absolute atomic E-state index is 0.127. The first-order valence-electron chi connectivity index (χ1n) is 7.62. The summed E-state index contributed by atoms with van der Waals surface area (Å²) in [5, 5.41) is 10.4. The summed E-state index contributed by atoms with van der Waals surface area (Å²) in [4.78, 5) is 0. The molecule has 0 spiro atoms. The first-order valence-corrected chi connectivity index (χ1v) is 10.5. The molecule has 0 aliphatic carbocycles. The minimum atomic E-state index is -1.90. The summed E-state index contributed by atoms with van der Waals surface area (Å²) >= 11 is 0. The van der Waals surface area contributed by atoms with E-state index < -0.39 is 14.4 Å². The molecule has 116 valence electrons. The molecule has 1 N–H and O–H groups in total. The Labute approximate surface area is 126 Å². The van der Waals surface area contributed by atoms with Crippen molar-refractivity contribution in [3.8, 4) is 11.8 Å². The number of aliphatic hydroxyl groups is 1. The molecule has 0 aliphatic rings. The summed E-state index contributed by atoms with van der Waals surface area (Å²) in [6.45, 7) is 15.1. The lowest BCUT2D eigenvalue weighted by Gasteiger charge is -2.39. The van der Waals surface area contributed by atoms with Gasteiger partial charge in [-0.15, -0.1) is 5.92 Å². The van der Waals surface area contributed by atoms with Crippen molar-refractivity contribution in [2.75, 3.05) is 0 Å². The molecule has 0 rings (SSSR count). The fraction of sp³-hybridized carbons (Fsp3) is 0.765. The van der Waals surface area contributed by atoms with E-state index in [-0.39, 0.29) is 11.1 Å². The van der Waals surface area contributed by atoms with Crippen molar-refractivity contribution < 1.29 is 9.53 Å². The summed E-state index contributed by atoms with van der Waals surface area (Å²) in [6.07, 6.45) is 5.83. The third-order valence-corrected chi connectivity index (χ3v) is 8.31. The zero-order valence-electron chi connectivity index (χ0n) is 14.3. The second kappa shape index (κ2) is 8.66. The van der Waals surface area contributed by atoms with Crippen LogP contribution in [0.3, 0.4) is 0 Å². The van der Waals surface area contributed by atoms with E-state index in [0.717, 1.165) is 19.3 Å². The van der Waals surface area contributed by atoms with E-state index >= 15 is 0 Å². The zero-order chi connectivity index (χ0) is 15.8. The van der Waals surface area contributed by atoms with E-state index in [4.69, 9.17) is 4.43 Å². The van der Waals surface area contributed by atoms with Gasteiger partial charge in [0.1, 0.15) is 12.2 Å². The molecule has 0 fully saturated rings. The highest BCUT2D eigenvalue weighted by atomic mass is 28.4. The number of hydrogen-bond donors (Lipinski definition) is 1. The highest BCUT2D eigenvalue weighted by molar-refractivity contribution is 6.74. The average molecular weight is 297 g/mol. The van der Waals surface area contributed by atoms with Crippen LogP contribution in [0.2, 0.25) is 18.1 Å². The smallest absolute Gasteiger partial charge is 0.193 e. The number of hydrogen-bond acceptors (Lipinski definition) is 2. The molecule has 0 bridgehead atoms. The summed E-state index contributed by atoms with van der Waals surface area (Å²) < 4.78 is 6.26. The Kier molecular flexibility index (Phi) is 8.42. The van der Waals surface area contributed by atoms with E-state index in [0.29, 0.717) is 0 Å². The molecule has 2 atom stereocenters. The maximum atomic E-state index is 10.2. The summed E-state index contributed by atoms with van der Waals surface area (Å²) in [5.74, 6) is 5.98. The van der Waals surface area contributed by atoms with Crippen LogP contribution in [-0.4, -0.2) is 25.6 Å². The van der Waals surface area contributed by atoms with Crippen molar-refractivity contribution in [2.45, 2.75) is 84.2 Å². The second-order valence-corrected chi connectivity index (χ2v) is 11.5. The van der Waals surface area contributed by atoms with Crippen molar-refractivity contribution in [3.05, 3.63) is 12.2 Å². The molecule has 0 heterocycles. The van der Waals surface area contributed by atoms with Crippen molar-refractivity contribution in [3.63, 3.8) is 0 Å². The van der Waals surface area contributed by atoms with Gasteiger partial charge in [-0.05, 0) is 31.5 Å². The van der Waals surface area contributed by atoms with Gasteiger partial charge in [-0.3, -0.25) is 0 Å². The van der Waals surface area contributed by atoms with Gasteiger partial charge in [0.05, 0.1) is 0 Å². The fourth-order valence-corrected chi connectivity index (χ4v) is 2.68. The Morgan fingerprint density at radius 2 is 1.90 bits per heavy atom. The van der Waals surface area contributed by atoms with Crippen LogP contribution in [0.4, 0.5) is 0 Å². The minimum Gasteiger partial charge on any atom is -0.407 e. The lowest BCUT2D eigenvalue weighted by molar-refractivity contribution is 0.0934. The van der Waals surface area contributed by atoms with Crippen molar-refractivity contribution in [1.29, 1.82) is 0 Å². The van der Waals surface area contributed by atoms with Crippen molar-refractivity contribution >= 4 is 8.32 Å². The van der Waals surface area contributed by atoms with E-state index in [1.54, 1.807) is 0 Å². The number of allylic oxidation sites excluding steroid dienone is 1. The Morgan fingerprint density at radius 1 is 1.30 bits per heavy atom. The summed E-state index contributed by atoms with van der Waals surface area (Å²) in [7, 11) is -1.90. The molecule has 0 radical (unpaired) electrons. The lowest BCUT2D eigenvalue weighted by Crippen LogP contribution is -2.46. The normalized spacial score (nSPS) is 15.8. The largest absolute Gasteiger partial charge is 0.407 e. The van der Waals surface area contributed by atoms with Crippen LogP contribution in [0.1, 0.15) is 53.9 Å². The lowest BCUT2D eigenvalue weighted by atomic mass is 10.2. The molecule has 0 saturated carbocycles. The molecular weight excluding hydrogens is 264 g/mol. The molecular formula is C17H32O2Si. The van der Waals surface area contributed by atoms with E-state index in [2.05, 4.69) is 52.6 Å². The van der Waals surface area contributed by atoms with Crippen LogP contribution < -0.4 is 0 Å². The van der Waals surface area contributed by atoms with E-state index in [1.165, 1.54) is 0 Å². The molecule has 0 aromatic carbocycles. The summed E-state index contributed by atoms with van der Waals surface area (Å²) in [6, 6.07) is 0. The molecule has 2 nitrogen and oxygen atoms in total. The summed E-state index contributed by atoms with van der Waals surface area (Å²) in [5.41, 5.74) is 0. The first-order chi connectivity index (χ1) is 9.15. The molecule has 0 amide bonds. The van der Waals surface area contributed by atoms with Gasteiger partial charge in [-0.1, -0.05) is 52.2 Å². The zero-order valence-corrected chi connectivity index (χ0v) is 15.3. The van der Waals surface area contributed by atoms with Crippen molar-refractivity contribution in [2.24, 2.45) is 0 Å². The predicted molar refractivity (Wildman–Crippen MR) is 90.2 cm³/mol. The monoisotopic (exact) mass is 296 g/mol. The highest BCUT2D eigenvalue weighted by Gasteiger charge is 2.39. The van der Waals surface area contributed by atoms with Gasteiger partial charge in [0.15, 0.2) is 8.32 Å². The maximum absolute atomic E-state index is 10.2. The van der Waals surface area contributed by atoms with Crippen LogP contribution in [0.5, 0.6) is 0 Å². The molecule has 0 aliphatic heterocycles. The Bertz CT molecular complexity index is 355. The van der Waals surface area contributed by atoms with Gasteiger partial charge in [0.2, 0.25) is 0 Å². The number of unbranched alkanes of at least 4 members (excludes halogenated alkanes) is 2. The second-order valence-electron chi connectivity index (χ2n) is 6.74. The quantitative estimate of drug-likeness (QED) is 0.338. The van der Waals surface area contributed by atoms with Gasteiger partial charge in [0, 0.05) is 6.42 Å². The Hall–Kier alpha value is -0.563. The molecule has 0 aromatic rings. The topological polar surface area (TPSA) is 29.5 Å². The molecule has 0 aromatic heterocycles. The van der Waals surface area contributed by atoms with E-state index in [1.807, 2.05) is 19.1 Å². The molecule has 20 heavy (non-hydrogen) atoms. The van der Waals surface area contributed by atoms with Gasteiger partial charge in [-0.25, -0.2) is 0 Å². The van der Waals surface area contributed by atoms with Crippen LogP contribution in [-0.2, 0) is 4.43 Å². The van der Waals surface area contributed by atoms with Crippen molar-refractivity contribution in [1.82, 2.24) is 0 Å². The molecule has 3 heteroatoms. The average Bonchev–Trinajstić information content (AvgIpc) is 2.32. The van der Waals surface area contributed by atoms with Gasteiger partial charge >= 0.3 is 0 Å². The van der Waals surface area contributed by atoms with Gasteiger partial charge < -0.3 is 9.53 Å². The highest BCUT2D eigenvalue weighted by Crippen LogP contribution is 2.37. The third-order valence-electron chi connectivity index (χ3n) is 3.84. The SMILES string of the molecule is C/C=C/[C@H](O[Si](C)(C)C(C)(C)C)[C@@H](O)C#CCCCC. The standard InChI is InChI=1S/C17H32O2Si/c1-8-10-11-12-14-15(18)16(13-9-2)19-20(6,7)17(3,4)5/h9,13,15-16,18H,8,10-11H2,1-7H3/b13-9+/t15-,16-/m0/s1. The number of rotatable bonds is 6. The van der Waals surface area contributed by atoms with Crippen LogP contribution in [0.25, 0.3) is 0 Å².